The van der Waals surface area contributed by atoms with Crippen LogP contribution >= 0.6 is 24.0 Å². The van der Waals surface area contributed by atoms with Gasteiger partial charge in [0.2, 0.25) is 6.79 Å². The van der Waals surface area contributed by atoms with Gasteiger partial charge < -0.3 is 19.3 Å². The molecule has 4 heterocycles. The second kappa shape index (κ2) is 11.7. The number of thiocarbonyl (C=S) groups is 1. The number of fused-ring (bicyclic) bond motifs is 1. The van der Waals surface area contributed by atoms with Gasteiger partial charge in [0.1, 0.15) is 27.6 Å². The third-order valence-electron chi connectivity index (χ3n) is 7.86. The number of nitrogens with zero attached hydrogens (tertiary/aromatic N) is 5. The average molecular weight is 618 g/mol. The quantitative estimate of drug-likeness (QED) is 0.290. The number of rotatable bonds is 6. The molecule has 12 heteroatoms. The molecule has 0 aliphatic carbocycles. The summed E-state index contributed by atoms with van der Waals surface area (Å²) in [6, 6.07) is 14.3. The maximum atomic E-state index is 14.5. The Morgan fingerprint density at radius 1 is 1.07 bits per heavy atom. The number of nitriles is 1. The number of anilines is 2. The van der Waals surface area contributed by atoms with Crippen LogP contribution < -0.4 is 24.8 Å². The first-order valence-electron chi connectivity index (χ1n) is 13.9. The fraction of sp³-hybridized carbons (Fsp3) is 0.290. The van der Waals surface area contributed by atoms with E-state index in [0.717, 1.165) is 5.56 Å². The van der Waals surface area contributed by atoms with E-state index in [1.807, 2.05) is 36.1 Å². The molecule has 3 aliphatic rings. The van der Waals surface area contributed by atoms with Crippen LogP contribution in [-0.2, 0) is 17.9 Å². The molecule has 43 heavy (non-hydrogen) atoms. The molecule has 0 spiro atoms. The van der Waals surface area contributed by atoms with Gasteiger partial charge >= 0.3 is 0 Å². The van der Waals surface area contributed by atoms with Crippen LogP contribution in [0, 0.1) is 24.1 Å². The molecule has 2 fully saturated rings. The zero-order valence-electron chi connectivity index (χ0n) is 23.6. The van der Waals surface area contributed by atoms with Crippen LogP contribution in [0.2, 0.25) is 0 Å². The summed E-state index contributed by atoms with van der Waals surface area (Å²) in [5, 5.41) is 9.90. The summed E-state index contributed by atoms with van der Waals surface area (Å²) in [5.74, 6) is 1.39. The fourth-order valence-electron chi connectivity index (χ4n) is 5.63. The Morgan fingerprint density at radius 2 is 1.79 bits per heavy atom. The highest BCUT2D eigenvalue weighted by molar-refractivity contribution is 8.26. The first-order valence-corrected chi connectivity index (χ1v) is 15.1. The molecular weight excluding hydrogens is 590 g/mol. The average Bonchev–Trinajstić information content (AvgIpc) is 3.58. The SMILES string of the molecule is CCn1c(N2CCN(c3ccccc3F)CC2)c(/C=C2/SC(=S)N(Cc3ccc4c(c3)OCO4)C2=O)c(C)c(C#N)c1=O. The van der Waals surface area contributed by atoms with E-state index in [0.29, 0.717) is 76.1 Å². The third kappa shape index (κ3) is 5.23. The van der Waals surface area contributed by atoms with Crippen molar-refractivity contribution in [2.24, 2.45) is 0 Å². The van der Waals surface area contributed by atoms with Gasteiger partial charge in [-0.2, -0.15) is 5.26 Å². The van der Waals surface area contributed by atoms with Crippen molar-refractivity contribution < 1.29 is 18.7 Å². The first kappa shape index (κ1) is 28.8. The van der Waals surface area contributed by atoms with Gasteiger partial charge in [0, 0.05) is 38.3 Å². The third-order valence-corrected chi connectivity index (χ3v) is 9.24. The lowest BCUT2D eigenvalue weighted by Gasteiger charge is -2.39. The van der Waals surface area contributed by atoms with Crippen LogP contribution in [0.1, 0.15) is 29.2 Å². The molecule has 6 rings (SSSR count). The number of piperazine rings is 1. The topological polar surface area (TPSA) is 91.0 Å². The smallest absolute Gasteiger partial charge is 0.270 e. The van der Waals surface area contributed by atoms with E-state index in [1.54, 1.807) is 29.7 Å². The lowest BCUT2D eigenvalue weighted by atomic mass is 10.0. The Hall–Kier alpha value is -4.34. The number of aromatic nitrogens is 1. The van der Waals surface area contributed by atoms with Crippen molar-refractivity contribution in [2.45, 2.75) is 26.9 Å². The van der Waals surface area contributed by atoms with E-state index in [4.69, 9.17) is 21.7 Å². The van der Waals surface area contributed by atoms with Crippen molar-refractivity contribution in [1.82, 2.24) is 9.47 Å². The molecule has 9 nitrogen and oxygen atoms in total. The van der Waals surface area contributed by atoms with Gasteiger partial charge in [-0.1, -0.05) is 42.2 Å². The summed E-state index contributed by atoms with van der Waals surface area (Å²) in [6.45, 7) is 6.46. The lowest BCUT2D eigenvalue weighted by Crippen LogP contribution is -2.49. The van der Waals surface area contributed by atoms with Crippen molar-refractivity contribution in [2.75, 3.05) is 42.8 Å². The van der Waals surface area contributed by atoms with Gasteiger partial charge in [-0.3, -0.25) is 19.1 Å². The molecule has 1 amide bonds. The minimum Gasteiger partial charge on any atom is -0.454 e. The Labute approximate surface area is 257 Å². The Balaban J connectivity index is 1.34. The number of amides is 1. The van der Waals surface area contributed by atoms with Gasteiger partial charge in [-0.15, -0.1) is 0 Å². The molecule has 3 aliphatic heterocycles. The Bertz CT molecular complexity index is 1770. The van der Waals surface area contributed by atoms with Crippen LogP contribution in [0.25, 0.3) is 6.08 Å². The highest BCUT2D eigenvalue weighted by Crippen LogP contribution is 2.38. The number of para-hydroxylation sites is 1. The number of halogens is 1. The van der Waals surface area contributed by atoms with E-state index in [2.05, 4.69) is 11.0 Å². The van der Waals surface area contributed by atoms with Crippen molar-refractivity contribution in [3.63, 3.8) is 0 Å². The molecule has 0 unspecified atom stereocenters. The summed E-state index contributed by atoms with van der Waals surface area (Å²) in [7, 11) is 0. The normalized spacial score (nSPS) is 17.3. The molecule has 2 saturated heterocycles. The Kier molecular flexibility index (Phi) is 7.85. The number of thioether (sulfide) groups is 1. The van der Waals surface area contributed by atoms with Gasteiger partial charge in [-0.05, 0) is 55.3 Å². The highest BCUT2D eigenvalue weighted by atomic mass is 32.2. The Morgan fingerprint density at radius 3 is 2.51 bits per heavy atom. The molecule has 3 aromatic rings. The number of carbonyl (C=O) groups is 1. The number of pyridine rings is 1. The largest absolute Gasteiger partial charge is 0.454 e. The zero-order chi connectivity index (χ0) is 30.2. The van der Waals surface area contributed by atoms with Crippen molar-refractivity contribution in [3.8, 4) is 17.6 Å². The maximum Gasteiger partial charge on any atom is 0.270 e. The molecule has 0 atom stereocenters. The summed E-state index contributed by atoms with van der Waals surface area (Å²) >= 11 is 6.80. The standard InChI is InChI=1S/C31H28FN5O4S2/c1-3-36-28(35-12-10-34(11-13-35)24-7-5-4-6-23(24)32)21(19(2)22(16-33)29(36)38)15-27-30(39)37(31(42)43-27)17-20-8-9-25-26(14-20)41-18-40-25/h4-9,14-15H,3,10-13,17-18H2,1-2H3/b27-15+. The summed E-state index contributed by atoms with van der Waals surface area (Å²) in [4.78, 5) is 33.1. The van der Waals surface area contributed by atoms with E-state index >= 15 is 0 Å². The maximum absolute atomic E-state index is 14.5. The van der Waals surface area contributed by atoms with Gasteiger partial charge in [0.05, 0.1) is 17.1 Å². The lowest BCUT2D eigenvalue weighted by molar-refractivity contribution is -0.122. The second-order valence-electron chi connectivity index (χ2n) is 10.3. The molecule has 2 aromatic carbocycles. The van der Waals surface area contributed by atoms with Gasteiger partial charge in [0.15, 0.2) is 11.5 Å². The summed E-state index contributed by atoms with van der Waals surface area (Å²) in [5.41, 5.74) is 2.18. The van der Waals surface area contributed by atoms with Crippen LogP contribution in [0.5, 0.6) is 11.5 Å². The van der Waals surface area contributed by atoms with E-state index in [-0.39, 0.29) is 36.2 Å². The second-order valence-corrected chi connectivity index (χ2v) is 12.0. The minimum atomic E-state index is -0.374. The van der Waals surface area contributed by atoms with Crippen LogP contribution in [0.15, 0.2) is 52.2 Å². The molecule has 0 N–H and O–H groups in total. The molecule has 0 bridgehead atoms. The monoisotopic (exact) mass is 617 g/mol. The summed E-state index contributed by atoms with van der Waals surface area (Å²) in [6.07, 6.45) is 1.75. The minimum absolute atomic E-state index is 0.0395. The molecule has 0 saturated carbocycles. The van der Waals surface area contributed by atoms with E-state index < -0.39 is 0 Å². The highest BCUT2D eigenvalue weighted by Gasteiger charge is 2.34. The van der Waals surface area contributed by atoms with Crippen LogP contribution in [-0.4, -0.2) is 52.7 Å². The summed E-state index contributed by atoms with van der Waals surface area (Å²) < 4.78 is 27.4. The number of hydrogen-bond donors (Lipinski definition) is 0. The molecule has 220 valence electrons. The molecule has 1 aromatic heterocycles. The zero-order valence-corrected chi connectivity index (χ0v) is 25.3. The van der Waals surface area contributed by atoms with Crippen LogP contribution in [0.3, 0.4) is 0 Å². The van der Waals surface area contributed by atoms with Gasteiger partial charge in [0.25, 0.3) is 11.5 Å². The number of ether oxygens (including phenoxy) is 2. The predicted molar refractivity (Wildman–Crippen MR) is 168 cm³/mol. The van der Waals surface area contributed by atoms with Crippen molar-refractivity contribution >= 4 is 51.8 Å². The number of carbonyl (C=O) groups excluding carboxylic acids is 1. The fourth-order valence-corrected chi connectivity index (χ4v) is 6.87. The van der Waals surface area contributed by atoms with Crippen LogP contribution in [0.4, 0.5) is 15.9 Å². The number of benzene rings is 2. The first-order chi connectivity index (χ1) is 20.8. The van der Waals surface area contributed by atoms with Gasteiger partial charge in [-0.25, -0.2) is 4.39 Å². The van der Waals surface area contributed by atoms with Crippen molar-refractivity contribution in [1.29, 1.82) is 5.26 Å². The van der Waals surface area contributed by atoms with Crippen molar-refractivity contribution in [3.05, 3.63) is 85.8 Å². The van der Waals surface area contributed by atoms with E-state index in [1.165, 1.54) is 22.7 Å². The predicted octanol–water partition coefficient (Wildman–Crippen LogP) is 4.64. The number of hydrogen-bond acceptors (Lipinski definition) is 9. The molecular formula is C31H28FN5O4S2. The van der Waals surface area contributed by atoms with E-state index in [9.17, 15) is 19.2 Å². The molecule has 0 radical (unpaired) electrons.